The van der Waals surface area contributed by atoms with Crippen LogP contribution in [0.4, 0.5) is 0 Å². The molecule has 0 radical (unpaired) electrons. The van der Waals surface area contributed by atoms with E-state index < -0.39 is 46.1 Å². The molecule has 0 aromatic heterocycles. The zero-order chi connectivity index (χ0) is 33.3. The summed E-state index contributed by atoms with van der Waals surface area (Å²) in [5, 5.41) is 35.0. The fourth-order valence-electron chi connectivity index (χ4n) is 2.42. The second-order valence-corrected chi connectivity index (χ2v) is 8.39. The highest BCUT2D eigenvalue weighted by Crippen LogP contribution is 2.18. The highest BCUT2D eigenvalue weighted by molar-refractivity contribution is 6.09. The number of carbonyl (C=O) groups is 4. The summed E-state index contributed by atoms with van der Waals surface area (Å²) in [6.07, 6.45) is 9.56. The number of nitrogens with two attached hydrogens (primary N) is 4. The van der Waals surface area contributed by atoms with Crippen molar-refractivity contribution in [2.24, 2.45) is 23.4 Å². The van der Waals surface area contributed by atoms with Gasteiger partial charge < -0.3 is 20.4 Å². The number of carboxylic acid groups (broad SMARTS) is 4. The Hall–Kier alpha value is -3.22. The number of carboxylic acids is 4. The lowest BCUT2D eigenvalue weighted by atomic mass is 9.98. The van der Waals surface area contributed by atoms with E-state index in [4.69, 9.17) is 43.8 Å². The SMILES string of the molecule is CCCCNN.CCCCNN.CCCCNN.CCCCNN.O=C(O)c1cc(C(=O)O)c(C(=O)O)cc1C(=O)O. The predicted molar refractivity (Wildman–Crippen MR) is 163 cm³/mol. The highest BCUT2D eigenvalue weighted by atomic mass is 16.4. The van der Waals surface area contributed by atoms with Crippen molar-refractivity contribution in [3.05, 3.63) is 34.4 Å². The van der Waals surface area contributed by atoms with Crippen LogP contribution in [0.25, 0.3) is 0 Å². The zero-order valence-corrected chi connectivity index (χ0v) is 25.4. The van der Waals surface area contributed by atoms with Crippen molar-refractivity contribution in [1.29, 1.82) is 0 Å². The van der Waals surface area contributed by atoms with E-state index >= 15 is 0 Å². The highest BCUT2D eigenvalue weighted by Gasteiger charge is 2.24. The molecule has 0 saturated carbocycles. The largest absolute Gasteiger partial charge is 0.478 e. The van der Waals surface area contributed by atoms with E-state index in [2.05, 4.69) is 49.4 Å². The van der Waals surface area contributed by atoms with Crippen LogP contribution in [0.2, 0.25) is 0 Å². The van der Waals surface area contributed by atoms with Gasteiger partial charge in [-0.2, -0.15) is 0 Å². The second-order valence-electron chi connectivity index (χ2n) is 8.39. The summed E-state index contributed by atoms with van der Waals surface area (Å²) in [6, 6.07) is 1.02. The summed E-state index contributed by atoms with van der Waals surface area (Å²) in [5.41, 5.74) is 7.13. The third kappa shape index (κ3) is 28.3. The molecule has 0 atom stereocenters. The topological polar surface area (TPSA) is 301 Å². The van der Waals surface area contributed by atoms with Gasteiger partial charge in [0.25, 0.3) is 0 Å². The van der Waals surface area contributed by atoms with Crippen molar-refractivity contribution in [2.45, 2.75) is 79.1 Å². The molecule has 0 bridgehead atoms. The van der Waals surface area contributed by atoms with Gasteiger partial charge in [-0.3, -0.25) is 45.1 Å². The van der Waals surface area contributed by atoms with Crippen molar-refractivity contribution in [3.63, 3.8) is 0 Å². The van der Waals surface area contributed by atoms with Crippen molar-refractivity contribution in [3.8, 4) is 0 Å². The Balaban J connectivity index is -0.000000248. The maximum absolute atomic E-state index is 10.8. The third-order valence-electron chi connectivity index (χ3n) is 4.78. The number of hydrogen-bond donors (Lipinski definition) is 12. The Morgan fingerprint density at radius 3 is 0.714 bits per heavy atom. The molecule has 0 amide bonds. The predicted octanol–water partition coefficient (Wildman–Crippen LogP) is 1.48. The maximum Gasteiger partial charge on any atom is 0.336 e. The fraction of sp³-hybridized carbons (Fsp3) is 0.615. The van der Waals surface area contributed by atoms with Gasteiger partial charge in [0, 0.05) is 26.2 Å². The molecule has 16 nitrogen and oxygen atoms in total. The summed E-state index contributed by atoms with van der Waals surface area (Å²) in [7, 11) is 0. The molecule has 0 fully saturated rings. The van der Waals surface area contributed by atoms with Gasteiger partial charge in [-0.15, -0.1) is 0 Å². The number of hydrogen-bond acceptors (Lipinski definition) is 12. The molecule has 0 heterocycles. The maximum atomic E-state index is 10.8. The first-order valence-electron chi connectivity index (χ1n) is 13.8. The molecule has 0 saturated heterocycles. The van der Waals surface area contributed by atoms with Gasteiger partial charge in [-0.05, 0) is 37.8 Å². The van der Waals surface area contributed by atoms with Crippen molar-refractivity contribution in [2.75, 3.05) is 26.2 Å². The van der Waals surface area contributed by atoms with Gasteiger partial charge in [-0.1, -0.05) is 53.4 Å². The summed E-state index contributed by atoms with van der Waals surface area (Å²) in [4.78, 5) is 43.1. The zero-order valence-electron chi connectivity index (χ0n) is 25.4. The number of hydrazine groups is 4. The molecule has 16 heteroatoms. The monoisotopic (exact) mass is 606 g/mol. The minimum absolute atomic E-state index is 0.511. The number of aromatic carboxylic acids is 4. The van der Waals surface area contributed by atoms with Crippen LogP contribution < -0.4 is 45.1 Å². The molecular formula is C26H54N8O8. The Morgan fingerprint density at radius 1 is 0.476 bits per heavy atom. The van der Waals surface area contributed by atoms with E-state index in [0.717, 1.165) is 26.2 Å². The number of rotatable bonds is 16. The van der Waals surface area contributed by atoms with E-state index in [1.807, 2.05) is 0 Å². The Morgan fingerprint density at radius 2 is 0.643 bits per heavy atom. The summed E-state index contributed by atoms with van der Waals surface area (Å²) < 4.78 is 0. The van der Waals surface area contributed by atoms with Gasteiger partial charge in [0.15, 0.2) is 0 Å². The Kier molecular flexibility index (Phi) is 37.0. The molecule has 0 unspecified atom stereocenters. The van der Waals surface area contributed by atoms with Crippen LogP contribution in [0.15, 0.2) is 12.1 Å². The van der Waals surface area contributed by atoms with Gasteiger partial charge >= 0.3 is 23.9 Å². The van der Waals surface area contributed by atoms with E-state index in [1.165, 1.54) is 51.4 Å². The lowest BCUT2D eigenvalue weighted by Gasteiger charge is -2.06. The Bertz CT molecular complexity index is 699. The fourth-order valence-corrected chi connectivity index (χ4v) is 2.42. The number of unbranched alkanes of at least 4 members (excludes halogenated alkanes) is 4. The normalized spacial score (nSPS) is 9.33. The molecule has 246 valence electrons. The average molecular weight is 607 g/mol. The van der Waals surface area contributed by atoms with E-state index in [0.29, 0.717) is 12.1 Å². The minimum Gasteiger partial charge on any atom is -0.478 e. The number of benzene rings is 1. The van der Waals surface area contributed by atoms with Crippen LogP contribution in [0.3, 0.4) is 0 Å². The molecule has 42 heavy (non-hydrogen) atoms. The second kappa shape index (κ2) is 34.0. The molecule has 1 rings (SSSR count). The van der Waals surface area contributed by atoms with Crippen LogP contribution in [-0.4, -0.2) is 70.5 Å². The molecule has 0 aliphatic rings. The molecule has 1 aromatic carbocycles. The van der Waals surface area contributed by atoms with Crippen LogP contribution in [-0.2, 0) is 0 Å². The van der Waals surface area contributed by atoms with Crippen LogP contribution in [0, 0.1) is 0 Å². The first kappa shape index (κ1) is 45.8. The molecule has 0 aliphatic carbocycles. The summed E-state index contributed by atoms with van der Waals surface area (Å²) in [6.45, 7) is 12.3. The lowest BCUT2D eigenvalue weighted by Crippen LogP contribution is -2.22. The molecular weight excluding hydrogens is 552 g/mol. The molecule has 1 aromatic rings. The van der Waals surface area contributed by atoms with Crippen molar-refractivity contribution >= 4 is 23.9 Å². The van der Waals surface area contributed by atoms with Gasteiger partial charge in [0.1, 0.15) is 0 Å². The smallest absolute Gasteiger partial charge is 0.336 e. The van der Waals surface area contributed by atoms with Crippen LogP contribution in [0.5, 0.6) is 0 Å². The third-order valence-corrected chi connectivity index (χ3v) is 4.78. The van der Waals surface area contributed by atoms with Crippen molar-refractivity contribution < 1.29 is 39.6 Å². The molecule has 0 aliphatic heterocycles. The average Bonchev–Trinajstić information content (AvgIpc) is 2.97. The quantitative estimate of drug-likeness (QED) is 0.0720. The van der Waals surface area contributed by atoms with E-state index in [1.54, 1.807) is 0 Å². The van der Waals surface area contributed by atoms with Crippen LogP contribution in [0.1, 0.15) is 120 Å². The first-order valence-corrected chi connectivity index (χ1v) is 13.8. The molecule has 0 spiro atoms. The Labute approximate surface area is 248 Å². The summed E-state index contributed by atoms with van der Waals surface area (Å²) >= 11 is 0. The van der Waals surface area contributed by atoms with E-state index in [9.17, 15) is 19.2 Å². The minimum atomic E-state index is -1.66. The first-order chi connectivity index (χ1) is 19.9. The van der Waals surface area contributed by atoms with Gasteiger partial charge in [0.2, 0.25) is 0 Å². The standard InChI is InChI=1S/C10H6O8.4C4H12N2/c11-7(12)3-1-4(8(13)14)6(10(17)18)2-5(3)9(15)16;4*1-2-3-4-6-5/h1-2H,(H,11,12)(H,13,14)(H,15,16)(H,17,18);4*6H,2-5H2,1H3. The van der Waals surface area contributed by atoms with Crippen molar-refractivity contribution in [1.82, 2.24) is 21.7 Å². The van der Waals surface area contributed by atoms with Gasteiger partial charge in [-0.25, -0.2) is 19.2 Å². The lowest BCUT2D eigenvalue weighted by molar-refractivity contribution is 0.0637. The number of nitrogens with one attached hydrogen (secondary N) is 4. The summed E-state index contributed by atoms with van der Waals surface area (Å²) in [5.74, 6) is 13.2. The molecule has 16 N–H and O–H groups in total. The van der Waals surface area contributed by atoms with Gasteiger partial charge in [0.05, 0.1) is 22.3 Å². The van der Waals surface area contributed by atoms with E-state index in [-0.39, 0.29) is 0 Å². The van der Waals surface area contributed by atoms with Crippen LogP contribution >= 0.6 is 0 Å².